The predicted octanol–water partition coefficient (Wildman–Crippen LogP) is 3.65. The molecule has 2 amide bonds. The number of nitrogens with zero attached hydrogens (tertiary/aromatic N) is 1. The first-order valence-corrected chi connectivity index (χ1v) is 9.42. The highest BCUT2D eigenvalue weighted by Gasteiger charge is 2.50. The van der Waals surface area contributed by atoms with E-state index < -0.39 is 0 Å². The molecule has 2 aliphatic rings. The summed E-state index contributed by atoms with van der Waals surface area (Å²) in [6, 6.07) is 15.7. The van der Waals surface area contributed by atoms with Crippen LogP contribution in [-0.2, 0) is 9.59 Å². The van der Waals surface area contributed by atoms with Gasteiger partial charge in [-0.1, -0.05) is 49.4 Å². The summed E-state index contributed by atoms with van der Waals surface area (Å²) >= 11 is 0. The first kappa shape index (κ1) is 18.2. The minimum Gasteiger partial charge on any atom is -0.485 e. The molecule has 0 aromatic heterocycles. The van der Waals surface area contributed by atoms with E-state index in [0.29, 0.717) is 23.4 Å². The summed E-state index contributed by atoms with van der Waals surface area (Å²) in [4.78, 5) is 39.0. The van der Waals surface area contributed by atoms with E-state index in [1.165, 1.54) is 4.90 Å². The summed E-state index contributed by atoms with van der Waals surface area (Å²) in [7, 11) is 0. The molecular formula is C23H21NO4. The van der Waals surface area contributed by atoms with Crippen molar-refractivity contribution in [3.63, 3.8) is 0 Å². The molecule has 0 unspecified atom stereocenters. The molecule has 0 radical (unpaired) electrons. The highest BCUT2D eigenvalue weighted by Crippen LogP contribution is 2.40. The first-order valence-electron chi connectivity index (χ1n) is 9.42. The van der Waals surface area contributed by atoms with Gasteiger partial charge in [-0.3, -0.25) is 19.3 Å². The third-order valence-electron chi connectivity index (χ3n) is 5.43. The normalized spacial score (nSPS) is 23.6. The van der Waals surface area contributed by atoms with Crippen LogP contribution in [0, 0.1) is 17.8 Å². The van der Waals surface area contributed by atoms with Crippen LogP contribution in [0.3, 0.4) is 0 Å². The van der Waals surface area contributed by atoms with Gasteiger partial charge in [-0.05, 0) is 36.6 Å². The number of allylic oxidation sites excluding steroid dienone is 2. The van der Waals surface area contributed by atoms with E-state index in [2.05, 4.69) is 0 Å². The lowest BCUT2D eigenvalue weighted by Crippen LogP contribution is -2.31. The van der Waals surface area contributed by atoms with E-state index in [4.69, 9.17) is 4.74 Å². The zero-order chi connectivity index (χ0) is 19.7. The third-order valence-corrected chi connectivity index (χ3v) is 5.43. The highest BCUT2D eigenvalue weighted by atomic mass is 16.5. The van der Waals surface area contributed by atoms with Crippen LogP contribution < -0.4 is 9.64 Å². The van der Waals surface area contributed by atoms with E-state index in [-0.39, 0.29) is 42.0 Å². The molecule has 0 spiro atoms. The van der Waals surface area contributed by atoms with Gasteiger partial charge in [-0.25, -0.2) is 0 Å². The number of anilines is 1. The zero-order valence-corrected chi connectivity index (χ0v) is 15.6. The summed E-state index contributed by atoms with van der Waals surface area (Å²) in [6.45, 7) is 1.90. The maximum atomic E-state index is 12.8. The van der Waals surface area contributed by atoms with Crippen molar-refractivity contribution in [3.05, 3.63) is 72.3 Å². The fraction of sp³-hybridized carbons (Fsp3) is 0.261. The Kier molecular flexibility index (Phi) is 4.82. The van der Waals surface area contributed by atoms with Gasteiger partial charge in [0.15, 0.2) is 12.4 Å². The van der Waals surface area contributed by atoms with E-state index >= 15 is 0 Å². The highest BCUT2D eigenvalue weighted by molar-refractivity contribution is 6.22. The molecule has 1 fully saturated rings. The number of benzene rings is 2. The average molecular weight is 375 g/mol. The zero-order valence-electron chi connectivity index (χ0n) is 15.6. The van der Waals surface area contributed by atoms with Crippen LogP contribution in [0.5, 0.6) is 5.75 Å². The third kappa shape index (κ3) is 3.24. The number of hydrogen-bond donors (Lipinski definition) is 0. The van der Waals surface area contributed by atoms with Gasteiger partial charge in [0.05, 0.1) is 17.5 Å². The number of carbonyl (C=O) groups is 3. The minimum atomic E-state index is -0.281. The van der Waals surface area contributed by atoms with Crippen LogP contribution in [0.4, 0.5) is 5.69 Å². The fourth-order valence-corrected chi connectivity index (χ4v) is 3.95. The van der Waals surface area contributed by atoms with Crippen molar-refractivity contribution in [2.24, 2.45) is 17.8 Å². The lowest BCUT2D eigenvalue weighted by Gasteiger charge is -2.22. The maximum absolute atomic E-state index is 12.8. The van der Waals surface area contributed by atoms with Gasteiger partial charge in [0.25, 0.3) is 0 Å². The number of rotatable bonds is 5. The number of hydrogen-bond acceptors (Lipinski definition) is 4. The molecule has 28 heavy (non-hydrogen) atoms. The van der Waals surface area contributed by atoms with E-state index in [9.17, 15) is 14.4 Å². The molecule has 2 aromatic rings. The Balaban J connectivity index is 1.44. The second-order valence-electron chi connectivity index (χ2n) is 7.24. The minimum absolute atomic E-state index is 0.0619. The van der Waals surface area contributed by atoms with Gasteiger partial charge in [-0.15, -0.1) is 0 Å². The Morgan fingerprint density at radius 1 is 1.04 bits per heavy atom. The number of ether oxygens (including phenoxy) is 1. The lowest BCUT2D eigenvalue weighted by atomic mass is 9.78. The molecule has 5 heteroatoms. The molecule has 3 atom stereocenters. The van der Waals surface area contributed by atoms with E-state index in [1.54, 1.807) is 48.5 Å². The predicted molar refractivity (Wildman–Crippen MR) is 105 cm³/mol. The number of amides is 2. The molecule has 4 rings (SSSR count). The number of carbonyl (C=O) groups excluding carboxylic acids is 3. The maximum Gasteiger partial charge on any atom is 0.238 e. The fourth-order valence-electron chi connectivity index (χ4n) is 3.95. The van der Waals surface area contributed by atoms with Crippen LogP contribution >= 0.6 is 0 Å². The summed E-state index contributed by atoms with van der Waals surface area (Å²) in [5.74, 6) is -0.366. The van der Waals surface area contributed by atoms with Crippen molar-refractivity contribution in [1.82, 2.24) is 0 Å². The molecule has 5 nitrogen and oxygen atoms in total. The average Bonchev–Trinajstić information content (AvgIpc) is 2.98. The van der Waals surface area contributed by atoms with Gasteiger partial charge in [0.2, 0.25) is 11.8 Å². The molecule has 1 aliphatic heterocycles. The molecule has 1 heterocycles. The Morgan fingerprint density at radius 3 is 2.43 bits per heavy atom. The largest absolute Gasteiger partial charge is 0.485 e. The SMILES string of the molecule is C[C@H]1C=CC[C@@H]2C(=O)N(c3ccc(OCC(=O)c4ccccc4)cc3)C(=O)[C@@H]21. The van der Waals surface area contributed by atoms with Gasteiger partial charge < -0.3 is 4.74 Å². The second-order valence-corrected chi connectivity index (χ2v) is 7.24. The second kappa shape index (κ2) is 7.43. The number of ketones is 1. The molecule has 142 valence electrons. The molecule has 1 saturated heterocycles. The lowest BCUT2D eigenvalue weighted by molar-refractivity contribution is -0.122. The van der Waals surface area contributed by atoms with Gasteiger partial charge in [-0.2, -0.15) is 0 Å². The van der Waals surface area contributed by atoms with Gasteiger partial charge in [0.1, 0.15) is 5.75 Å². The van der Waals surface area contributed by atoms with Gasteiger partial charge >= 0.3 is 0 Å². The van der Waals surface area contributed by atoms with E-state index in [0.717, 1.165) is 0 Å². The van der Waals surface area contributed by atoms with Crippen molar-refractivity contribution >= 4 is 23.3 Å². The summed E-state index contributed by atoms with van der Waals surface area (Å²) in [5.41, 5.74) is 1.14. The molecule has 0 bridgehead atoms. The molecule has 1 aliphatic carbocycles. The molecular weight excluding hydrogens is 354 g/mol. The van der Waals surface area contributed by atoms with Crippen molar-refractivity contribution in [3.8, 4) is 5.75 Å². The van der Waals surface area contributed by atoms with Crippen LogP contribution in [0.2, 0.25) is 0 Å². The summed E-state index contributed by atoms with van der Waals surface area (Å²) in [5, 5.41) is 0. The molecule has 2 aromatic carbocycles. The van der Waals surface area contributed by atoms with Crippen molar-refractivity contribution in [1.29, 1.82) is 0 Å². The van der Waals surface area contributed by atoms with Crippen molar-refractivity contribution in [2.75, 3.05) is 11.5 Å². The molecule has 0 N–H and O–H groups in total. The number of Topliss-reactive ketones (excluding diaryl/α,β-unsaturated/α-hetero) is 1. The smallest absolute Gasteiger partial charge is 0.238 e. The Hall–Kier alpha value is -3.21. The topological polar surface area (TPSA) is 63.7 Å². The number of fused-ring (bicyclic) bond motifs is 1. The van der Waals surface area contributed by atoms with Crippen LogP contribution in [0.25, 0.3) is 0 Å². The van der Waals surface area contributed by atoms with Crippen LogP contribution in [0.15, 0.2) is 66.7 Å². The van der Waals surface area contributed by atoms with Crippen LogP contribution in [0.1, 0.15) is 23.7 Å². The van der Waals surface area contributed by atoms with Crippen molar-refractivity contribution in [2.45, 2.75) is 13.3 Å². The van der Waals surface area contributed by atoms with Gasteiger partial charge in [0, 0.05) is 5.56 Å². The number of imide groups is 1. The molecule has 0 saturated carbocycles. The van der Waals surface area contributed by atoms with E-state index in [1.807, 2.05) is 25.1 Å². The monoisotopic (exact) mass is 375 g/mol. The Morgan fingerprint density at radius 2 is 1.75 bits per heavy atom. The summed E-state index contributed by atoms with van der Waals surface area (Å²) in [6.07, 6.45) is 4.61. The summed E-state index contributed by atoms with van der Waals surface area (Å²) < 4.78 is 5.56. The van der Waals surface area contributed by atoms with Crippen molar-refractivity contribution < 1.29 is 19.1 Å². The van der Waals surface area contributed by atoms with Crippen LogP contribution in [-0.4, -0.2) is 24.2 Å². The Labute approximate surface area is 163 Å². The Bertz CT molecular complexity index is 933. The quantitative estimate of drug-likeness (QED) is 0.455. The first-order chi connectivity index (χ1) is 13.6. The standard InChI is InChI=1S/C23H21NO4/c1-15-6-5-9-19-21(15)23(27)24(22(19)26)17-10-12-18(13-11-17)28-14-20(25)16-7-3-2-4-8-16/h2-8,10-13,15,19,21H,9,14H2,1H3/t15-,19-,21+/m0/s1.